The Morgan fingerprint density at radius 1 is 1.16 bits per heavy atom. The van der Waals surface area contributed by atoms with Crippen LogP contribution in [0.15, 0.2) is 24.3 Å². The lowest BCUT2D eigenvalue weighted by molar-refractivity contribution is 0.204. The third kappa shape index (κ3) is 4.32. The summed E-state index contributed by atoms with van der Waals surface area (Å²) in [7, 11) is 0. The lowest BCUT2D eigenvalue weighted by atomic mass is 10.00. The van der Waals surface area contributed by atoms with Gasteiger partial charge in [0.15, 0.2) is 0 Å². The predicted octanol–water partition coefficient (Wildman–Crippen LogP) is 3.37. The van der Waals surface area contributed by atoms with Crippen LogP contribution in [0, 0.1) is 5.92 Å². The van der Waals surface area contributed by atoms with Crippen molar-refractivity contribution < 1.29 is 0 Å². The number of rotatable bonds is 7. The number of hydrogen-bond donors (Lipinski definition) is 1. The maximum absolute atomic E-state index is 5.72. The summed E-state index contributed by atoms with van der Waals surface area (Å²) in [5.74, 6) is 1.42. The summed E-state index contributed by atoms with van der Waals surface area (Å²) in [6.07, 6.45) is 2.85. The van der Waals surface area contributed by atoms with Gasteiger partial charge in [-0.2, -0.15) is 0 Å². The molecule has 2 heteroatoms. The van der Waals surface area contributed by atoms with Crippen molar-refractivity contribution >= 4 is 0 Å². The second kappa shape index (κ2) is 6.53. The summed E-state index contributed by atoms with van der Waals surface area (Å²) in [6.45, 7) is 9.84. The highest BCUT2D eigenvalue weighted by atomic mass is 15.1. The highest BCUT2D eigenvalue weighted by Gasteiger charge is 2.25. The molecule has 2 N–H and O–H groups in total. The molecule has 0 spiro atoms. The second-order valence-electron chi connectivity index (χ2n) is 6.34. The highest BCUT2D eigenvalue weighted by Crippen LogP contribution is 2.30. The summed E-state index contributed by atoms with van der Waals surface area (Å²) in [5.41, 5.74) is 8.49. The zero-order valence-corrected chi connectivity index (χ0v) is 12.6. The number of benzene rings is 1. The van der Waals surface area contributed by atoms with Crippen molar-refractivity contribution in [1.82, 2.24) is 4.90 Å². The Bertz CT molecular complexity index is 379. The maximum atomic E-state index is 5.72. The van der Waals surface area contributed by atoms with Gasteiger partial charge in [-0.25, -0.2) is 0 Å². The van der Waals surface area contributed by atoms with Gasteiger partial charge in [0.05, 0.1) is 0 Å². The van der Waals surface area contributed by atoms with Crippen LogP contribution in [0.2, 0.25) is 0 Å². The van der Waals surface area contributed by atoms with Gasteiger partial charge in [-0.3, -0.25) is 4.90 Å². The minimum Gasteiger partial charge on any atom is -0.330 e. The lowest BCUT2D eigenvalue weighted by Gasteiger charge is -2.26. The van der Waals surface area contributed by atoms with Crippen molar-refractivity contribution in [2.45, 2.75) is 52.1 Å². The molecule has 106 valence electrons. The Morgan fingerprint density at radius 3 is 2.26 bits per heavy atom. The van der Waals surface area contributed by atoms with E-state index in [0.29, 0.717) is 12.0 Å². The lowest BCUT2D eigenvalue weighted by Crippen LogP contribution is -2.32. The number of nitrogens with zero attached hydrogens (tertiary/aromatic N) is 1. The van der Waals surface area contributed by atoms with Gasteiger partial charge < -0.3 is 5.73 Å². The average molecular weight is 260 g/mol. The molecule has 1 saturated carbocycles. The van der Waals surface area contributed by atoms with Crippen molar-refractivity contribution in [2.75, 3.05) is 13.1 Å². The van der Waals surface area contributed by atoms with Crippen LogP contribution in [0.1, 0.15) is 50.7 Å². The fourth-order valence-electron chi connectivity index (χ4n) is 2.41. The molecule has 0 heterocycles. The zero-order valence-electron chi connectivity index (χ0n) is 12.6. The summed E-state index contributed by atoms with van der Waals surface area (Å²) in [4.78, 5) is 2.60. The van der Waals surface area contributed by atoms with Crippen LogP contribution in [0.5, 0.6) is 0 Å². The van der Waals surface area contributed by atoms with Gasteiger partial charge in [0.2, 0.25) is 0 Å². The van der Waals surface area contributed by atoms with Gasteiger partial charge in [0.1, 0.15) is 0 Å². The number of nitrogens with two attached hydrogens (primary N) is 1. The Hall–Kier alpha value is -0.860. The van der Waals surface area contributed by atoms with Crippen LogP contribution < -0.4 is 5.73 Å². The molecule has 0 bridgehead atoms. The minimum absolute atomic E-state index is 0.460. The van der Waals surface area contributed by atoms with E-state index in [-0.39, 0.29) is 0 Å². The van der Waals surface area contributed by atoms with Crippen LogP contribution in [-0.2, 0) is 6.54 Å². The fourth-order valence-corrected chi connectivity index (χ4v) is 2.41. The molecule has 0 aliphatic heterocycles. The standard InChI is InChI=1S/C17H28N2/c1-13(2)19(11-15-4-5-15)12-16-6-8-17(9-7-16)14(3)10-18/h6-9,13-15H,4-5,10-12,18H2,1-3H3. The van der Waals surface area contributed by atoms with Gasteiger partial charge >= 0.3 is 0 Å². The third-order valence-electron chi connectivity index (χ3n) is 4.21. The maximum Gasteiger partial charge on any atom is 0.0236 e. The van der Waals surface area contributed by atoms with Crippen molar-refractivity contribution in [3.8, 4) is 0 Å². The van der Waals surface area contributed by atoms with Crippen LogP contribution in [0.25, 0.3) is 0 Å². The van der Waals surface area contributed by atoms with Crippen molar-refractivity contribution in [3.05, 3.63) is 35.4 Å². The molecular formula is C17H28N2. The smallest absolute Gasteiger partial charge is 0.0236 e. The summed E-state index contributed by atoms with van der Waals surface area (Å²) >= 11 is 0. The van der Waals surface area contributed by atoms with Gasteiger partial charge in [-0.05, 0) is 56.2 Å². The molecule has 2 rings (SSSR count). The van der Waals surface area contributed by atoms with Crippen molar-refractivity contribution in [3.63, 3.8) is 0 Å². The van der Waals surface area contributed by atoms with E-state index in [0.717, 1.165) is 19.0 Å². The van der Waals surface area contributed by atoms with Crippen LogP contribution in [-0.4, -0.2) is 24.0 Å². The molecule has 1 aliphatic carbocycles. The average Bonchev–Trinajstić information content (AvgIpc) is 3.22. The van der Waals surface area contributed by atoms with E-state index in [4.69, 9.17) is 5.73 Å². The summed E-state index contributed by atoms with van der Waals surface area (Å²) < 4.78 is 0. The van der Waals surface area contributed by atoms with Crippen molar-refractivity contribution in [2.24, 2.45) is 11.7 Å². The molecule has 1 fully saturated rings. The van der Waals surface area contributed by atoms with Crippen LogP contribution in [0.4, 0.5) is 0 Å². The summed E-state index contributed by atoms with van der Waals surface area (Å²) in [6, 6.07) is 9.64. The van der Waals surface area contributed by atoms with Gasteiger partial charge in [0.25, 0.3) is 0 Å². The van der Waals surface area contributed by atoms with E-state index in [1.807, 2.05) is 0 Å². The molecule has 1 aromatic rings. The first kappa shape index (κ1) is 14.5. The first-order chi connectivity index (χ1) is 9.10. The molecule has 0 aromatic heterocycles. The molecule has 19 heavy (non-hydrogen) atoms. The number of hydrogen-bond acceptors (Lipinski definition) is 2. The SMILES string of the molecule is CC(CN)c1ccc(CN(CC2CC2)C(C)C)cc1. The molecule has 1 unspecified atom stereocenters. The molecule has 2 nitrogen and oxygen atoms in total. The topological polar surface area (TPSA) is 29.3 Å². The fraction of sp³-hybridized carbons (Fsp3) is 0.647. The minimum atomic E-state index is 0.460. The van der Waals surface area contributed by atoms with Gasteiger partial charge in [-0.15, -0.1) is 0 Å². The third-order valence-corrected chi connectivity index (χ3v) is 4.21. The van der Waals surface area contributed by atoms with E-state index in [2.05, 4.69) is 49.9 Å². The molecule has 1 aliphatic rings. The van der Waals surface area contributed by atoms with E-state index < -0.39 is 0 Å². The molecule has 0 radical (unpaired) electrons. The normalized spacial score (nSPS) is 17.2. The Morgan fingerprint density at radius 2 is 1.79 bits per heavy atom. The largest absolute Gasteiger partial charge is 0.330 e. The highest BCUT2D eigenvalue weighted by molar-refractivity contribution is 5.25. The van der Waals surface area contributed by atoms with Gasteiger partial charge in [-0.1, -0.05) is 31.2 Å². The van der Waals surface area contributed by atoms with Crippen LogP contribution >= 0.6 is 0 Å². The molecule has 0 saturated heterocycles. The monoisotopic (exact) mass is 260 g/mol. The Kier molecular flexibility index (Phi) is 5.00. The molecular weight excluding hydrogens is 232 g/mol. The zero-order chi connectivity index (χ0) is 13.8. The van der Waals surface area contributed by atoms with Crippen LogP contribution in [0.3, 0.4) is 0 Å². The first-order valence-electron chi connectivity index (χ1n) is 7.63. The Balaban J connectivity index is 1.96. The molecule has 1 aromatic carbocycles. The van der Waals surface area contributed by atoms with E-state index in [1.165, 1.54) is 30.5 Å². The first-order valence-corrected chi connectivity index (χ1v) is 7.63. The second-order valence-corrected chi connectivity index (χ2v) is 6.34. The molecule has 0 amide bonds. The van der Waals surface area contributed by atoms with Gasteiger partial charge in [0, 0.05) is 19.1 Å². The van der Waals surface area contributed by atoms with E-state index in [1.54, 1.807) is 0 Å². The van der Waals surface area contributed by atoms with Crippen molar-refractivity contribution in [1.29, 1.82) is 0 Å². The quantitative estimate of drug-likeness (QED) is 0.814. The van der Waals surface area contributed by atoms with E-state index in [9.17, 15) is 0 Å². The Labute approximate surface area is 118 Å². The predicted molar refractivity (Wildman–Crippen MR) is 82.2 cm³/mol. The summed E-state index contributed by atoms with van der Waals surface area (Å²) in [5, 5.41) is 0. The molecule has 1 atom stereocenters. The van der Waals surface area contributed by atoms with E-state index >= 15 is 0 Å².